The minimum atomic E-state index is 0.653. The average Bonchev–Trinajstić information content (AvgIpc) is 2.79. The number of aromatic nitrogens is 1. The Labute approximate surface area is 106 Å². The summed E-state index contributed by atoms with van der Waals surface area (Å²) in [6, 6.07) is 2.06. The molecular weight excluding hydrogens is 266 g/mol. The summed E-state index contributed by atoms with van der Waals surface area (Å²) in [6.07, 6.45) is 4.35. The molecular formula is C12H20BrN3. The molecule has 0 bridgehead atoms. The Morgan fingerprint density at radius 3 is 2.62 bits per heavy atom. The molecule has 1 saturated heterocycles. The molecule has 1 aromatic heterocycles. The topological polar surface area (TPSA) is 42.1 Å². The quantitative estimate of drug-likeness (QED) is 0.908. The van der Waals surface area contributed by atoms with Crippen LogP contribution >= 0.6 is 15.9 Å². The van der Waals surface area contributed by atoms with Gasteiger partial charge in [0.05, 0.1) is 0 Å². The summed E-state index contributed by atoms with van der Waals surface area (Å²) in [6.45, 7) is 7.30. The van der Waals surface area contributed by atoms with Crippen molar-refractivity contribution in [2.75, 3.05) is 18.8 Å². The third-order valence-corrected chi connectivity index (χ3v) is 2.99. The monoisotopic (exact) mass is 285 g/mol. The summed E-state index contributed by atoms with van der Waals surface area (Å²) in [7, 11) is 0. The van der Waals surface area contributed by atoms with E-state index in [0.717, 1.165) is 16.6 Å². The number of halogens is 1. The van der Waals surface area contributed by atoms with Crippen LogP contribution < -0.4 is 5.73 Å². The predicted octanol–water partition coefficient (Wildman–Crippen LogP) is 3.05. The number of rotatable bonds is 2. The molecule has 90 valence electrons. The number of pyridine rings is 1. The Bertz CT molecular complexity index is 322. The SMILES string of the molecule is CC.Nc1ncc(Br)cc1CN1CCCC1. The number of nitrogen functional groups attached to an aromatic ring is 1. The van der Waals surface area contributed by atoms with E-state index in [9.17, 15) is 0 Å². The molecule has 1 aliphatic heterocycles. The first kappa shape index (κ1) is 13.5. The van der Waals surface area contributed by atoms with Crippen molar-refractivity contribution in [1.29, 1.82) is 0 Å². The molecule has 1 fully saturated rings. The highest BCUT2D eigenvalue weighted by molar-refractivity contribution is 9.10. The lowest BCUT2D eigenvalue weighted by atomic mass is 10.2. The number of hydrogen-bond donors (Lipinski definition) is 1. The van der Waals surface area contributed by atoms with E-state index in [1.54, 1.807) is 6.20 Å². The maximum absolute atomic E-state index is 5.81. The molecule has 0 aliphatic carbocycles. The van der Waals surface area contributed by atoms with Crippen molar-refractivity contribution in [3.63, 3.8) is 0 Å². The minimum Gasteiger partial charge on any atom is -0.383 e. The van der Waals surface area contributed by atoms with Crippen LogP contribution in [0.1, 0.15) is 32.3 Å². The molecule has 0 amide bonds. The largest absolute Gasteiger partial charge is 0.383 e. The van der Waals surface area contributed by atoms with Crippen molar-refractivity contribution < 1.29 is 0 Å². The number of nitrogens with zero attached hydrogens (tertiary/aromatic N) is 2. The third kappa shape index (κ3) is 3.76. The average molecular weight is 286 g/mol. The van der Waals surface area contributed by atoms with Gasteiger partial charge in [0, 0.05) is 22.8 Å². The molecule has 4 heteroatoms. The van der Waals surface area contributed by atoms with Gasteiger partial charge in [-0.25, -0.2) is 4.98 Å². The Morgan fingerprint density at radius 2 is 2.00 bits per heavy atom. The van der Waals surface area contributed by atoms with Crippen molar-refractivity contribution in [1.82, 2.24) is 9.88 Å². The van der Waals surface area contributed by atoms with Crippen LogP contribution in [0.25, 0.3) is 0 Å². The van der Waals surface area contributed by atoms with Crippen LogP contribution in [0.15, 0.2) is 16.7 Å². The molecule has 2 heterocycles. The lowest BCUT2D eigenvalue weighted by molar-refractivity contribution is 0.331. The van der Waals surface area contributed by atoms with E-state index < -0.39 is 0 Å². The van der Waals surface area contributed by atoms with E-state index >= 15 is 0 Å². The fraction of sp³-hybridized carbons (Fsp3) is 0.583. The van der Waals surface area contributed by atoms with Crippen molar-refractivity contribution in [3.8, 4) is 0 Å². The van der Waals surface area contributed by atoms with Crippen LogP contribution in [-0.4, -0.2) is 23.0 Å². The molecule has 0 atom stereocenters. The van der Waals surface area contributed by atoms with Gasteiger partial charge >= 0.3 is 0 Å². The Balaban J connectivity index is 0.000000606. The molecule has 2 rings (SSSR count). The van der Waals surface area contributed by atoms with E-state index in [1.807, 2.05) is 13.8 Å². The molecule has 0 saturated carbocycles. The maximum atomic E-state index is 5.81. The first-order chi connectivity index (χ1) is 7.75. The van der Waals surface area contributed by atoms with Crippen LogP contribution in [0.5, 0.6) is 0 Å². The zero-order valence-electron chi connectivity index (χ0n) is 10.0. The number of anilines is 1. The molecule has 2 N–H and O–H groups in total. The summed E-state index contributed by atoms with van der Waals surface area (Å²) in [5, 5.41) is 0. The van der Waals surface area contributed by atoms with Crippen molar-refractivity contribution >= 4 is 21.7 Å². The molecule has 0 unspecified atom stereocenters. The summed E-state index contributed by atoms with van der Waals surface area (Å²) in [5.74, 6) is 0.653. The van der Waals surface area contributed by atoms with Crippen LogP contribution in [-0.2, 0) is 6.54 Å². The van der Waals surface area contributed by atoms with Gasteiger partial charge in [-0.05, 0) is 47.9 Å². The predicted molar refractivity (Wildman–Crippen MR) is 72.2 cm³/mol. The second kappa shape index (κ2) is 6.86. The van der Waals surface area contributed by atoms with Gasteiger partial charge < -0.3 is 5.73 Å². The summed E-state index contributed by atoms with van der Waals surface area (Å²) in [5.41, 5.74) is 6.94. The molecule has 0 aromatic carbocycles. The Morgan fingerprint density at radius 1 is 1.38 bits per heavy atom. The van der Waals surface area contributed by atoms with Gasteiger partial charge in [0.2, 0.25) is 0 Å². The standard InChI is InChI=1S/C10H14BrN3.C2H6/c11-9-5-8(10(12)13-6-9)7-14-3-1-2-4-14;1-2/h5-6H,1-4,7H2,(H2,12,13);1-2H3. The molecule has 0 spiro atoms. The number of hydrogen-bond acceptors (Lipinski definition) is 3. The van der Waals surface area contributed by atoms with Gasteiger partial charge in [-0.1, -0.05) is 13.8 Å². The van der Waals surface area contributed by atoms with Crippen LogP contribution in [0.3, 0.4) is 0 Å². The highest BCUT2D eigenvalue weighted by atomic mass is 79.9. The summed E-state index contributed by atoms with van der Waals surface area (Å²) < 4.78 is 1.00. The van der Waals surface area contributed by atoms with Gasteiger partial charge in [0.25, 0.3) is 0 Å². The normalized spacial score (nSPS) is 15.7. The second-order valence-electron chi connectivity index (χ2n) is 3.68. The first-order valence-electron chi connectivity index (χ1n) is 5.88. The van der Waals surface area contributed by atoms with Crippen LogP contribution in [0.2, 0.25) is 0 Å². The molecule has 1 aromatic rings. The zero-order valence-corrected chi connectivity index (χ0v) is 11.6. The molecule has 16 heavy (non-hydrogen) atoms. The number of likely N-dealkylation sites (tertiary alicyclic amines) is 1. The smallest absolute Gasteiger partial charge is 0.127 e. The molecule has 0 radical (unpaired) electrons. The lowest BCUT2D eigenvalue weighted by Crippen LogP contribution is -2.19. The summed E-state index contributed by atoms with van der Waals surface area (Å²) in [4.78, 5) is 6.54. The maximum Gasteiger partial charge on any atom is 0.127 e. The van der Waals surface area contributed by atoms with Gasteiger partial charge in [-0.3, -0.25) is 4.90 Å². The Kier molecular flexibility index (Phi) is 5.77. The van der Waals surface area contributed by atoms with Gasteiger partial charge in [0.1, 0.15) is 5.82 Å². The van der Waals surface area contributed by atoms with Crippen LogP contribution in [0.4, 0.5) is 5.82 Å². The van der Waals surface area contributed by atoms with E-state index in [0.29, 0.717) is 5.82 Å². The van der Waals surface area contributed by atoms with Crippen molar-refractivity contribution in [2.24, 2.45) is 0 Å². The van der Waals surface area contributed by atoms with E-state index in [4.69, 9.17) is 5.73 Å². The van der Waals surface area contributed by atoms with Gasteiger partial charge in [0.15, 0.2) is 0 Å². The highest BCUT2D eigenvalue weighted by Crippen LogP contribution is 2.19. The van der Waals surface area contributed by atoms with E-state index in [2.05, 4.69) is 31.9 Å². The Hall–Kier alpha value is -0.610. The zero-order chi connectivity index (χ0) is 12.0. The molecule has 3 nitrogen and oxygen atoms in total. The second-order valence-corrected chi connectivity index (χ2v) is 4.60. The van der Waals surface area contributed by atoms with Crippen molar-refractivity contribution in [3.05, 3.63) is 22.3 Å². The molecule has 1 aliphatic rings. The number of nitrogens with two attached hydrogens (primary N) is 1. The minimum absolute atomic E-state index is 0.653. The fourth-order valence-corrected chi connectivity index (χ4v) is 2.18. The van der Waals surface area contributed by atoms with Gasteiger partial charge in [-0.2, -0.15) is 0 Å². The van der Waals surface area contributed by atoms with E-state index in [1.165, 1.54) is 25.9 Å². The fourth-order valence-electron chi connectivity index (χ4n) is 1.80. The lowest BCUT2D eigenvalue weighted by Gasteiger charge is -2.15. The van der Waals surface area contributed by atoms with Crippen LogP contribution in [0, 0.1) is 0 Å². The third-order valence-electron chi connectivity index (χ3n) is 2.56. The van der Waals surface area contributed by atoms with Gasteiger partial charge in [-0.15, -0.1) is 0 Å². The highest BCUT2D eigenvalue weighted by Gasteiger charge is 2.13. The van der Waals surface area contributed by atoms with Crippen molar-refractivity contribution in [2.45, 2.75) is 33.2 Å². The first-order valence-corrected chi connectivity index (χ1v) is 6.67. The van der Waals surface area contributed by atoms with E-state index in [-0.39, 0.29) is 0 Å². The summed E-state index contributed by atoms with van der Waals surface area (Å²) >= 11 is 3.41.